The number of carboxylic acids is 2. The standard InChI is InChI=1S/C15H9F3O8S/c1-27(23,24)26-13-10(5-9(16)11(17)12(13)18)25-8-3-6(14(19)20)2-7(4-8)15(21)22/h2-5H,1H3,(H,19,20)(H,21,22). The van der Waals surface area contributed by atoms with Gasteiger partial charge in [0.1, 0.15) is 5.75 Å². The van der Waals surface area contributed by atoms with Crippen molar-refractivity contribution in [3.8, 4) is 17.2 Å². The summed E-state index contributed by atoms with van der Waals surface area (Å²) in [6.07, 6.45) is 0.505. The quantitative estimate of drug-likeness (QED) is 0.554. The normalized spacial score (nSPS) is 11.1. The summed E-state index contributed by atoms with van der Waals surface area (Å²) in [7, 11) is -4.38. The Morgan fingerprint density at radius 1 is 0.926 bits per heavy atom. The van der Waals surface area contributed by atoms with E-state index in [1.165, 1.54) is 0 Å². The molecule has 0 aromatic heterocycles. The molecule has 2 aromatic rings. The van der Waals surface area contributed by atoms with Gasteiger partial charge < -0.3 is 19.1 Å². The van der Waals surface area contributed by atoms with Gasteiger partial charge in [0.2, 0.25) is 11.6 Å². The highest BCUT2D eigenvalue weighted by atomic mass is 32.2. The molecule has 12 heteroatoms. The van der Waals surface area contributed by atoms with Gasteiger partial charge in [-0.05, 0) is 18.2 Å². The molecule has 0 amide bonds. The molecule has 0 unspecified atom stereocenters. The number of aromatic carboxylic acids is 2. The van der Waals surface area contributed by atoms with E-state index in [0.717, 1.165) is 18.2 Å². The average molecular weight is 406 g/mol. The maximum absolute atomic E-state index is 13.9. The number of rotatable bonds is 6. The fourth-order valence-corrected chi connectivity index (χ4v) is 2.35. The van der Waals surface area contributed by atoms with E-state index >= 15 is 0 Å². The fourth-order valence-electron chi connectivity index (χ4n) is 1.89. The van der Waals surface area contributed by atoms with Gasteiger partial charge in [0, 0.05) is 6.07 Å². The predicted octanol–water partition coefficient (Wildman–Crippen LogP) is 2.63. The van der Waals surface area contributed by atoms with Crippen LogP contribution in [0.15, 0.2) is 24.3 Å². The second-order valence-corrected chi connectivity index (χ2v) is 6.63. The highest BCUT2D eigenvalue weighted by molar-refractivity contribution is 7.86. The summed E-state index contributed by atoms with van der Waals surface area (Å²) in [5.74, 6) is -11.7. The molecule has 0 aliphatic carbocycles. The summed E-state index contributed by atoms with van der Waals surface area (Å²) in [6, 6.07) is 2.65. The van der Waals surface area contributed by atoms with Crippen molar-refractivity contribution in [3.63, 3.8) is 0 Å². The van der Waals surface area contributed by atoms with Crippen molar-refractivity contribution in [2.24, 2.45) is 0 Å². The summed E-state index contributed by atoms with van der Waals surface area (Å²) in [4.78, 5) is 22.1. The molecule has 2 rings (SSSR count). The van der Waals surface area contributed by atoms with Gasteiger partial charge in [0.15, 0.2) is 17.4 Å². The Kier molecular flexibility index (Phi) is 5.31. The molecule has 8 nitrogen and oxygen atoms in total. The third-order valence-corrected chi connectivity index (χ3v) is 3.42. The van der Waals surface area contributed by atoms with E-state index in [0.29, 0.717) is 6.26 Å². The van der Waals surface area contributed by atoms with Gasteiger partial charge in [0.25, 0.3) is 0 Å². The van der Waals surface area contributed by atoms with E-state index in [2.05, 4.69) is 4.18 Å². The van der Waals surface area contributed by atoms with Gasteiger partial charge in [-0.3, -0.25) is 0 Å². The molecular formula is C15H9F3O8S. The summed E-state index contributed by atoms with van der Waals surface area (Å²) >= 11 is 0. The number of benzene rings is 2. The predicted molar refractivity (Wildman–Crippen MR) is 82.2 cm³/mol. The Hall–Kier alpha value is -3.28. The lowest BCUT2D eigenvalue weighted by Gasteiger charge is -2.13. The minimum absolute atomic E-state index is 0.257. The highest BCUT2D eigenvalue weighted by Gasteiger charge is 2.25. The number of ether oxygens (including phenoxy) is 1. The van der Waals surface area contributed by atoms with Crippen LogP contribution in [0.3, 0.4) is 0 Å². The molecule has 0 radical (unpaired) electrons. The summed E-state index contributed by atoms with van der Waals surface area (Å²) < 4.78 is 72.5. The number of carboxylic acid groups (broad SMARTS) is 2. The Morgan fingerprint density at radius 3 is 1.89 bits per heavy atom. The van der Waals surface area contributed by atoms with Crippen LogP contribution in [0.4, 0.5) is 13.2 Å². The third kappa shape index (κ3) is 4.67. The van der Waals surface area contributed by atoms with E-state index < -0.39 is 67.9 Å². The van der Waals surface area contributed by atoms with Gasteiger partial charge in [-0.1, -0.05) is 0 Å². The summed E-state index contributed by atoms with van der Waals surface area (Å²) in [5, 5.41) is 18.0. The lowest BCUT2D eigenvalue weighted by atomic mass is 10.1. The molecule has 0 spiro atoms. The van der Waals surface area contributed by atoms with Gasteiger partial charge in [0.05, 0.1) is 17.4 Å². The van der Waals surface area contributed by atoms with Crippen LogP contribution < -0.4 is 8.92 Å². The van der Waals surface area contributed by atoms with Crippen LogP contribution in [0.1, 0.15) is 20.7 Å². The van der Waals surface area contributed by atoms with Crippen LogP contribution in [0.2, 0.25) is 0 Å². The third-order valence-electron chi connectivity index (χ3n) is 2.95. The van der Waals surface area contributed by atoms with Gasteiger partial charge in [-0.15, -0.1) is 0 Å². The lowest BCUT2D eigenvalue weighted by molar-refractivity contribution is 0.0696. The molecule has 0 bridgehead atoms. The van der Waals surface area contributed by atoms with Crippen molar-refractivity contribution < 1.29 is 50.3 Å². The molecule has 0 saturated heterocycles. The van der Waals surface area contributed by atoms with Crippen LogP contribution in [0, 0.1) is 17.5 Å². The van der Waals surface area contributed by atoms with Crippen LogP contribution in [0.5, 0.6) is 17.2 Å². The van der Waals surface area contributed by atoms with E-state index in [-0.39, 0.29) is 6.07 Å². The second-order valence-electron chi connectivity index (χ2n) is 5.06. The molecule has 144 valence electrons. The fraction of sp³-hybridized carbons (Fsp3) is 0.0667. The largest absolute Gasteiger partial charge is 0.478 e. The first-order valence-corrected chi connectivity index (χ1v) is 8.57. The molecule has 0 fully saturated rings. The maximum atomic E-state index is 13.9. The topological polar surface area (TPSA) is 127 Å². The molecule has 0 heterocycles. The Morgan fingerprint density at radius 2 is 1.44 bits per heavy atom. The zero-order chi connectivity index (χ0) is 20.5. The van der Waals surface area contributed by atoms with Crippen molar-refractivity contribution in [1.29, 1.82) is 0 Å². The molecule has 27 heavy (non-hydrogen) atoms. The smallest absolute Gasteiger partial charge is 0.335 e. The first-order valence-electron chi connectivity index (χ1n) is 6.75. The van der Waals surface area contributed by atoms with Crippen molar-refractivity contribution >= 4 is 22.1 Å². The van der Waals surface area contributed by atoms with Gasteiger partial charge >= 0.3 is 22.1 Å². The molecular weight excluding hydrogens is 397 g/mol. The van der Waals surface area contributed by atoms with E-state index in [9.17, 15) is 31.2 Å². The molecule has 2 N–H and O–H groups in total. The minimum atomic E-state index is -4.38. The van der Waals surface area contributed by atoms with Crippen LogP contribution in [-0.4, -0.2) is 36.8 Å². The van der Waals surface area contributed by atoms with Crippen molar-refractivity contribution in [2.75, 3.05) is 6.26 Å². The second kappa shape index (κ2) is 7.15. The van der Waals surface area contributed by atoms with E-state index in [4.69, 9.17) is 14.9 Å². The highest BCUT2D eigenvalue weighted by Crippen LogP contribution is 2.38. The average Bonchev–Trinajstić information content (AvgIpc) is 2.55. The lowest BCUT2D eigenvalue weighted by Crippen LogP contribution is -2.10. The minimum Gasteiger partial charge on any atom is -0.478 e. The number of halogens is 3. The Bertz CT molecular complexity index is 1020. The van der Waals surface area contributed by atoms with Crippen molar-refractivity contribution in [3.05, 3.63) is 52.8 Å². The molecule has 0 saturated carbocycles. The zero-order valence-corrected chi connectivity index (χ0v) is 14.0. The van der Waals surface area contributed by atoms with E-state index in [1.54, 1.807) is 0 Å². The molecule has 2 aromatic carbocycles. The van der Waals surface area contributed by atoms with Crippen LogP contribution in [-0.2, 0) is 10.1 Å². The number of hydrogen-bond donors (Lipinski definition) is 2. The van der Waals surface area contributed by atoms with Crippen molar-refractivity contribution in [1.82, 2.24) is 0 Å². The first-order chi connectivity index (χ1) is 12.4. The first kappa shape index (κ1) is 20.0. The molecule has 0 aliphatic heterocycles. The molecule has 0 aliphatic rings. The summed E-state index contributed by atoms with van der Waals surface area (Å²) in [6.45, 7) is 0. The Balaban J connectivity index is 2.63. The number of hydrogen-bond acceptors (Lipinski definition) is 6. The monoisotopic (exact) mass is 406 g/mol. The van der Waals surface area contributed by atoms with Gasteiger partial charge in [-0.2, -0.15) is 12.8 Å². The number of carbonyl (C=O) groups is 2. The zero-order valence-electron chi connectivity index (χ0n) is 13.2. The molecule has 0 atom stereocenters. The SMILES string of the molecule is CS(=O)(=O)Oc1c(Oc2cc(C(=O)O)cc(C(=O)O)c2)cc(F)c(F)c1F. The van der Waals surface area contributed by atoms with Crippen LogP contribution in [0.25, 0.3) is 0 Å². The van der Waals surface area contributed by atoms with E-state index in [1.807, 2.05) is 0 Å². The Labute approximate surface area is 149 Å². The maximum Gasteiger partial charge on any atom is 0.335 e. The van der Waals surface area contributed by atoms with Gasteiger partial charge in [-0.25, -0.2) is 18.4 Å². The summed E-state index contributed by atoms with van der Waals surface area (Å²) in [5.41, 5.74) is -1.09. The van der Waals surface area contributed by atoms with Crippen molar-refractivity contribution in [2.45, 2.75) is 0 Å². The van der Waals surface area contributed by atoms with Crippen LogP contribution >= 0.6 is 0 Å².